The molecule has 1 aromatic rings. The SMILES string of the molecule is CO[C@@H]1[C@@H](F)CN(C(=O)OC(C)(C)C)[C@]1(Cc1ccccc1)C(=O)O. The minimum atomic E-state index is -1.88. The van der Waals surface area contributed by atoms with Gasteiger partial charge in [-0.15, -0.1) is 0 Å². The van der Waals surface area contributed by atoms with Crippen molar-refractivity contribution in [2.45, 2.75) is 50.6 Å². The smallest absolute Gasteiger partial charge is 0.411 e. The summed E-state index contributed by atoms with van der Waals surface area (Å²) in [7, 11) is 1.25. The third kappa shape index (κ3) is 3.76. The van der Waals surface area contributed by atoms with Crippen LogP contribution in [-0.4, -0.2) is 59.1 Å². The van der Waals surface area contributed by atoms with E-state index in [0.717, 1.165) is 4.90 Å². The number of amides is 1. The second-order valence-electron chi connectivity index (χ2n) is 7.16. The summed E-state index contributed by atoms with van der Waals surface area (Å²) in [6, 6.07) is 8.77. The Morgan fingerprint density at radius 1 is 1.32 bits per heavy atom. The molecule has 138 valence electrons. The fraction of sp³-hybridized carbons (Fsp3) is 0.556. The minimum Gasteiger partial charge on any atom is -0.479 e. The highest BCUT2D eigenvalue weighted by Crippen LogP contribution is 2.38. The quantitative estimate of drug-likeness (QED) is 0.901. The standard InChI is InChI=1S/C18H24FNO5/c1-17(2,3)25-16(23)20-11-13(19)14(24-4)18(20,15(21)22)10-12-8-6-5-7-9-12/h5-9,13-14H,10-11H2,1-4H3,(H,21,22)/t13-,14+,18-/m0/s1. The molecule has 1 N–H and O–H groups in total. The van der Waals surface area contributed by atoms with E-state index >= 15 is 0 Å². The normalized spacial score (nSPS) is 26.5. The molecule has 1 aliphatic heterocycles. The van der Waals surface area contributed by atoms with Gasteiger partial charge in [0, 0.05) is 13.5 Å². The molecule has 0 aliphatic carbocycles. The average Bonchev–Trinajstić information content (AvgIpc) is 2.79. The van der Waals surface area contributed by atoms with Gasteiger partial charge in [-0.2, -0.15) is 0 Å². The number of alkyl halides is 1. The van der Waals surface area contributed by atoms with Gasteiger partial charge < -0.3 is 14.6 Å². The number of methoxy groups -OCH3 is 1. The Morgan fingerprint density at radius 3 is 2.40 bits per heavy atom. The number of ether oxygens (including phenoxy) is 2. The largest absolute Gasteiger partial charge is 0.479 e. The van der Waals surface area contributed by atoms with Crippen molar-refractivity contribution in [1.82, 2.24) is 4.90 Å². The second-order valence-corrected chi connectivity index (χ2v) is 7.16. The number of aliphatic carboxylic acids is 1. The summed E-state index contributed by atoms with van der Waals surface area (Å²) in [5.74, 6) is -1.32. The van der Waals surface area contributed by atoms with Crippen LogP contribution in [0.25, 0.3) is 0 Å². The lowest BCUT2D eigenvalue weighted by Crippen LogP contribution is -2.61. The zero-order valence-electron chi connectivity index (χ0n) is 14.9. The number of likely N-dealkylation sites (tertiary alicyclic amines) is 1. The van der Waals surface area contributed by atoms with E-state index in [1.54, 1.807) is 51.1 Å². The van der Waals surface area contributed by atoms with Crippen molar-refractivity contribution in [3.63, 3.8) is 0 Å². The van der Waals surface area contributed by atoms with Crippen molar-refractivity contribution in [2.24, 2.45) is 0 Å². The number of hydrogen-bond donors (Lipinski definition) is 1. The van der Waals surface area contributed by atoms with Crippen molar-refractivity contribution in [2.75, 3.05) is 13.7 Å². The van der Waals surface area contributed by atoms with E-state index < -0.39 is 42.0 Å². The number of benzene rings is 1. The first-order valence-electron chi connectivity index (χ1n) is 8.06. The molecular weight excluding hydrogens is 329 g/mol. The lowest BCUT2D eigenvalue weighted by Gasteiger charge is -2.38. The lowest BCUT2D eigenvalue weighted by molar-refractivity contribution is -0.157. The molecule has 6 nitrogen and oxygen atoms in total. The predicted octanol–water partition coefficient (Wildman–Crippen LogP) is 2.66. The number of carboxylic acids is 1. The molecule has 0 radical (unpaired) electrons. The molecule has 25 heavy (non-hydrogen) atoms. The molecule has 1 amide bonds. The topological polar surface area (TPSA) is 76.1 Å². The average molecular weight is 353 g/mol. The molecule has 0 aromatic heterocycles. The zero-order valence-corrected chi connectivity index (χ0v) is 14.9. The Labute approximate surface area is 146 Å². The Bertz CT molecular complexity index is 630. The first-order valence-corrected chi connectivity index (χ1v) is 8.06. The van der Waals surface area contributed by atoms with E-state index in [-0.39, 0.29) is 6.42 Å². The number of nitrogens with zero attached hydrogens (tertiary/aromatic N) is 1. The van der Waals surface area contributed by atoms with Gasteiger partial charge in [0.05, 0.1) is 6.54 Å². The summed E-state index contributed by atoms with van der Waals surface area (Å²) in [5, 5.41) is 9.97. The van der Waals surface area contributed by atoms with Gasteiger partial charge in [0.2, 0.25) is 0 Å². The molecule has 3 atom stereocenters. The molecule has 1 saturated heterocycles. The highest BCUT2D eigenvalue weighted by atomic mass is 19.1. The van der Waals surface area contributed by atoms with Gasteiger partial charge in [0.1, 0.15) is 17.9 Å². The van der Waals surface area contributed by atoms with Crippen LogP contribution in [0.4, 0.5) is 9.18 Å². The third-order valence-electron chi connectivity index (χ3n) is 4.19. The van der Waals surface area contributed by atoms with E-state index in [0.29, 0.717) is 5.56 Å². The maximum absolute atomic E-state index is 14.6. The number of hydrogen-bond acceptors (Lipinski definition) is 4. The van der Waals surface area contributed by atoms with E-state index in [2.05, 4.69) is 0 Å². The Morgan fingerprint density at radius 2 is 1.92 bits per heavy atom. The van der Waals surface area contributed by atoms with Crippen molar-refractivity contribution >= 4 is 12.1 Å². The number of halogens is 1. The Hall–Kier alpha value is -2.15. The summed E-state index contributed by atoms with van der Waals surface area (Å²) in [6.07, 6.45) is -3.87. The molecule has 0 unspecified atom stereocenters. The Kier molecular flexibility index (Phi) is 5.37. The van der Waals surface area contributed by atoms with Gasteiger partial charge in [-0.25, -0.2) is 14.0 Å². The maximum Gasteiger partial charge on any atom is 0.411 e. The van der Waals surface area contributed by atoms with Crippen LogP contribution in [-0.2, 0) is 20.7 Å². The van der Waals surface area contributed by atoms with Crippen LogP contribution >= 0.6 is 0 Å². The number of carboxylic acid groups (broad SMARTS) is 1. The first-order chi connectivity index (χ1) is 11.6. The molecule has 2 rings (SSSR count). The van der Waals surface area contributed by atoms with Gasteiger partial charge in [0.25, 0.3) is 0 Å². The molecular formula is C18H24FNO5. The molecule has 1 aliphatic rings. The van der Waals surface area contributed by atoms with Crippen LogP contribution in [0.1, 0.15) is 26.3 Å². The Balaban J connectivity index is 2.48. The molecule has 0 spiro atoms. The summed E-state index contributed by atoms with van der Waals surface area (Å²) in [5.41, 5.74) is -2.04. The van der Waals surface area contributed by atoms with Crippen LogP contribution in [0, 0.1) is 0 Å². The molecule has 0 bridgehead atoms. The van der Waals surface area contributed by atoms with Crippen molar-refractivity contribution in [3.05, 3.63) is 35.9 Å². The number of rotatable bonds is 4. The number of carbonyl (C=O) groups excluding carboxylic acids is 1. The predicted molar refractivity (Wildman–Crippen MR) is 89.1 cm³/mol. The van der Waals surface area contributed by atoms with E-state index in [4.69, 9.17) is 9.47 Å². The number of carbonyl (C=O) groups is 2. The zero-order chi connectivity index (χ0) is 18.8. The van der Waals surface area contributed by atoms with Crippen LogP contribution in [0.15, 0.2) is 30.3 Å². The van der Waals surface area contributed by atoms with E-state index in [9.17, 15) is 19.1 Å². The third-order valence-corrected chi connectivity index (χ3v) is 4.19. The summed E-state index contributed by atoms with van der Waals surface area (Å²) in [6.45, 7) is 4.61. The van der Waals surface area contributed by atoms with Crippen LogP contribution in [0.5, 0.6) is 0 Å². The highest BCUT2D eigenvalue weighted by molar-refractivity contribution is 5.87. The molecule has 0 saturated carbocycles. The molecule has 7 heteroatoms. The van der Waals surface area contributed by atoms with Crippen molar-refractivity contribution in [1.29, 1.82) is 0 Å². The van der Waals surface area contributed by atoms with Gasteiger partial charge in [-0.05, 0) is 26.3 Å². The van der Waals surface area contributed by atoms with Crippen LogP contribution in [0.2, 0.25) is 0 Å². The fourth-order valence-electron chi connectivity index (χ4n) is 3.20. The van der Waals surface area contributed by atoms with E-state index in [1.165, 1.54) is 7.11 Å². The van der Waals surface area contributed by atoms with Gasteiger partial charge in [0.15, 0.2) is 5.54 Å². The van der Waals surface area contributed by atoms with Crippen molar-refractivity contribution < 1.29 is 28.6 Å². The van der Waals surface area contributed by atoms with Crippen LogP contribution in [0.3, 0.4) is 0 Å². The van der Waals surface area contributed by atoms with Gasteiger partial charge in [-0.3, -0.25) is 4.90 Å². The van der Waals surface area contributed by atoms with Gasteiger partial charge in [-0.1, -0.05) is 30.3 Å². The molecule has 1 fully saturated rings. The van der Waals surface area contributed by atoms with E-state index in [1.807, 2.05) is 0 Å². The summed E-state index contributed by atoms with van der Waals surface area (Å²) in [4.78, 5) is 25.8. The molecule has 1 aromatic carbocycles. The minimum absolute atomic E-state index is 0.0820. The van der Waals surface area contributed by atoms with Gasteiger partial charge >= 0.3 is 12.1 Å². The van der Waals surface area contributed by atoms with Crippen LogP contribution < -0.4 is 0 Å². The van der Waals surface area contributed by atoms with Crippen molar-refractivity contribution in [3.8, 4) is 0 Å². The maximum atomic E-state index is 14.6. The summed E-state index contributed by atoms with van der Waals surface area (Å²) >= 11 is 0. The monoisotopic (exact) mass is 353 g/mol. The fourth-order valence-corrected chi connectivity index (χ4v) is 3.20. The first kappa shape index (κ1) is 19.2. The summed E-state index contributed by atoms with van der Waals surface area (Å²) < 4.78 is 25.0. The highest BCUT2D eigenvalue weighted by Gasteiger charge is 2.62. The molecule has 1 heterocycles. The lowest BCUT2D eigenvalue weighted by atomic mass is 9.85. The second kappa shape index (κ2) is 7.00.